The van der Waals surface area contributed by atoms with Crippen LogP contribution in [0.3, 0.4) is 0 Å². The molecule has 3 rings (SSSR count). The molecule has 0 bridgehead atoms. The van der Waals surface area contributed by atoms with Crippen molar-refractivity contribution in [2.75, 3.05) is 6.54 Å². The fourth-order valence-corrected chi connectivity index (χ4v) is 2.81. The van der Waals surface area contributed by atoms with Crippen LogP contribution in [0.1, 0.15) is 28.4 Å². The molecule has 2 unspecified atom stereocenters. The maximum Gasteiger partial charge on any atom is 0.256 e. The van der Waals surface area contributed by atoms with E-state index in [4.69, 9.17) is 0 Å². The van der Waals surface area contributed by atoms with Crippen LogP contribution in [0.4, 0.5) is 8.78 Å². The van der Waals surface area contributed by atoms with E-state index in [9.17, 15) is 23.8 Å². The zero-order valence-electron chi connectivity index (χ0n) is 12.0. The van der Waals surface area contributed by atoms with Gasteiger partial charge >= 0.3 is 0 Å². The molecule has 1 aliphatic rings. The van der Waals surface area contributed by atoms with Crippen molar-refractivity contribution in [1.29, 1.82) is 0 Å². The van der Waals surface area contributed by atoms with Crippen molar-refractivity contribution in [2.45, 2.75) is 18.6 Å². The Kier molecular flexibility index (Phi) is 3.96. The van der Waals surface area contributed by atoms with Crippen LogP contribution in [-0.2, 0) is 0 Å². The molecule has 1 saturated heterocycles. The Balaban J connectivity index is 1.97. The zero-order valence-corrected chi connectivity index (χ0v) is 12.0. The van der Waals surface area contributed by atoms with Crippen molar-refractivity contribution in [1.82, 2.24) is 9.88 Å². The summed E-state index contributed by atoms with van der Waals surface area (Å²) in [5.41, 5.74) is 0.129. The number of hydrogen-bond acceptors (Lipinski definition) is 4. The van der Waals surface area contributed by atoms with Crippen LogP contribution in [0.15, 0.2) is 36.7 Å². The predicted octanol–water partition coefficient (Wildman–Crippen LogP) is 2.01. The average molecular weight is 320 g/mol. The van der Waals surface area contributed by atoms with E-state index in [0.717, 1.165) is 18.2 Å². The van der Waals surface area contributed by atoms with E-state index < -0.39 is 29.7 Å². The van der Waals surface area contributed by atoms with Crippen molar-refractivity contribution in [3.05, 3.63) is 59.4 Å². The van der Waals surface area contributed by atoms with E-state index in [2.05, 4.69) is 4.98 Å². The highest BCUT2D eigenvalue weighted by atomic mass is 19.1. The third kappa shape index (κ3) is 3.00. The molecule has 0 aliphatic carbocycles. The average Bonchev–Trinajstić information content (AvgIpc) is 2.90. The second-order valence-corrected chi connectivity index (χ2v) is 5.46. The molecular formula is C16H14F2N2O3. The smallest absolute Gasteiger partial charge is 0.256 e. The summed E-state index contributed by atoms with van der Waals surface area (Å²) in [6.45, 7) is -0.00485. The van der Waals surface area contributed by atoms with E-state index in [1.165, 1.54) is 23.4 Å². The molecule has 1 fully saturated rings. The molecule has 23 heavy (non-hydrogen) atoms. The number of amides is 1. The molecule has 0 saturated carbocycles. The number of benzene rings is 1. The molecule has 2 atom stereocenters. The lowest BCUT2D eigenvalue weighted by Crippen LogP contribution is -2.32. The highest BCUT2D eigenvalue weighted by Gasteiger charge is 2.37. The number of nitrogens with zero attached hydrogens (tertiary/aromatic N) is 2. The SMILES string of the molecule is O=C(c1cncc(O)c1)N1CC(O)CC1c1cc(F)ccc1F. The molecule has 2 N–H and O–H groups in total. The fraction of sp³-hybridized carbons (Fsp3) is 0.250. The van der Waals surface area contributed by atoms with Crippen LogP contribution >= 0.6 is 0 Å². The van der Waals surface area contributed by atoms with E-state index in [0.29, 0.717) is 0 Å². The van der Waals surface area contributed by atoms with Gasteiger partial charge in [0.25, 0.3) is 5.91 Å². The van der Waals surface area contributed by atoms with Gasteiger partial charge in [0, 0.05) is 18.3 Å². The molecule has 1 aromatic heterocycles. The molecular weight excluding hydrogens is 306 g/mol. The number of halogens is 2. The number of aliphatic hydroxyl groups is 1. The number of rotatable bonds is 2. The molecule has 1 amide bonds. The van der Waals surface area contributed by atoms with Crippen molar-refractivity contribution in [2.24, 2.45) is 0 Å². The minimum Gasteiger partial charge on any atom is -0.506 e. The highest BCUT2D eigenvalue weighted by Crippen LogP contribution is 2.35. The van der Waals surface area contributed by atoms with Gasteiger partial charge in [-0.1, -0.05) is 0 Å². The number of aromatic hydroxyl groups is 1. The van der Waals surface area contributed by atoms with E-state index in [1.807, 2.05) is 0 Å². The van der Waals surface area contributed by atoms with Gasteiger partial charge in [-0.25, -0.2) is 8.78 Å². The Morgan fingerprint density at radius 3 is 2.78 bits per heavy atom. The molecule has 2 heterocycles. The third-order valence-corrected chi connectivity index (χ3v) is 3.83. The topological polar surface area (TPSA) is 73.7 Å². The van der Waals surface area contributed by atoms with Crippen molar-refractivity contribution >= 4 is 5.91 Å². The van der Waals surface area contributed by atoms with Crippen LogP contribution in [0.5, 0.6) is 5.75 Å². The second-order valence-electron chi connectivity index (χ2n) is 5.46. The number of pyridine rings is 1. The van der Waals surface area contributed by atoms with Gasteiger partial charge in [-0.15, -0.1) is 0 Å². The lowest BCUT2D eigenvalue weighted by atomic mass is 10.0. The Bertz CT molecular complexity index is 754. The summed E-state index contributed by atoms with van der Waals surface area (Å²) in [4.78, 5) is 17.6. The summed E-state index contributed by atoms with van der Waals surface area (Å²) < 4.78 is 27.4. The lowest BCUT2D eigenvalue weighted by molar-refractivity contribution is 0.0713. The largest absolute Gasteiger partial charge is 0.506 e. The molecule has 1 aliphatic heterocycles. The normalized spacial score (nSPS) is 20.7. The standard InChI is InChI=1S/C16H14F2N2O3/c17-10-1-2-14(18)13(4-10)15-5-12(22)8-20(15)16(23)9-3-11(21)7-19-6-9/h1-4,6-7,12,15,21-22H,5,8H2. The minimum absolute atomic E-state index is 0.00485. The van der Waals surface area contributed by atoms with Gasteiger partial charge in [0.1, 0.15) is 17.4 Å². The van der Waals surface area contributed by atoms with Gasteiger partial charge in [0.15, 0.2) is 0 Å². The Labute approximate surface area is 130 Å². The molecule has 2 aromatic rings. The molecule has 1 aromatic carbocycles. The van der Waals surface area contributed by atoms with Crippen LogP contribution in [-0.4, -0.2) is 38.7 Å². The van der Waals surface area contributed by atoms with Crippen molar-refractivity contribution < 1.29 is 23.8 Å². The second kappa shape index (κ2) is 5.92. The van der Waals surface area contributed by atoms with Gasteiger partial charge in [0.05, 0.1) is 23.9 Å². The number of hydrogen-bond donors (Lipinski definition) is 2. The molecule has 7 heteroatoms. The highest BCUT2D eigenvalue weighted by molar-refractivity contribution is 5.94. The molecule has 0 spiro atoms. The van der Waals surface area contributed by atoms with Gasteiger partial charge in [0.2, 0.25) is 0 Å². The van der Waals surface area contributed by atoms with E-state index in [-0.39, 0.29) is 29.8 Å². The monoisotopic (exact) mass is 320 g/mol. The van der Waals surface area contributed by atoms with Gasteiger partial charge in [-0.05, 0) is 30.7 Å². The van der Waals surface area contributed by atoms with Gasteiger partial charge in [-0.3, -0.25) is 9.78 Å². The summed E-state index contributed by atoms with van der Waals surface area (Å²) in [6, 6.07) is 3.47. The number of aliphatic hydroxyl groups excluding tert-OH is 1. The summed E-state index contributed by atoms with van der Waals surface area (Å²) in [5, 5.41) is 19.3. The number of aromatic nitrogens is 1. The number of carbonyl (C=O) groups is 1. The van der Waals surface area contributed by atoms with E-state index in [1.54, 1.807) is 0 Å². The predicted molar refractivity (Wildman–Crippen MR) is 76.7 cm³/mol. The molecule has 5 nitrogen and oxygen atoms in total. The lowest BCUT2D eigenvalue weighted by Gasteiger charge is -2.25. The number of β-amino-alcohol motifs (C(OH)–C–C–N with tert-alkyl or cyclic N) is 1. The number of carbonyl (C=O) groups excluding carboxylic acids is 1. The first-order valence-corrected chi connectivity index (χ1v) is 7.03. The van der Waals surface area contributed by atoms with Crippen molar-refractivity contribution in [3.63, 3.8) is 0 Å². The van der Waals surface area contributed by atoms with E-state index >= 15 is 0 Å². The molecule has 0 radical (unpaired) electrons. The zero-order chi connectivity index (χ0) is 16.6. The summed E-state index contributed by atoms with van der Waals surface area (Å²) >= 11 is 0. The third-order valence-electron chi connectivity index (χ3n) is 3.83. The van der Waals surface area contributed by atoms with Crippen LogP contribution in [0, 0.1) is 11.6 Å². The first-order valence-electron chi connectivity index (χ1n) is 7.03. The Morgan fingerprint density at radius 2 is 2.04 bits per heavy atom. The van der Waals surface area contributed by atoms with Crippen LogP contribution in [0.25, 0.3) is 0 Å². The van der Waals surface area contributed by atoms with Crippen LogP contribution < -0.4 is 0 Å². The number of likely N-dealkylation sites (tertiary alicyclic amines) is 1. The Morgan fingerprint density at radius 1 is 1.26 bits per heavy atom. The summed E-state index contributed by atoms with van der Waals surface area (Å²) in [6.07, 6.45) is 1.72. The van der Waals surface area contributed by atoms with Crippen molar-refractivity contribution in [3.8, 4) is 5.75 Å². The minimum atomic E-state index is -0.836. The first-order chi connectivity index (χ1) is 11.0. The summed E-state index contributed by atoms with van der Waals surface area (Å²) in [7, 11) is 0. The first kappa shape index (κ1) is 15.4. The maximum absolute atomic E-state index is 14.0. The fourth-order valence-electron chi connectivity index (χ4n) is 2.81. The maximum atomic E-state index is 14.0. The quantitative estimate of drug-likeness (QED) is 0.888. The Hall–Kier alpha value is -2.54. The van der Waals surface area contributed by atoms with Crippen LogP contribution in [0.2, 0.25) is 0 Å². The van der Waals surface area contributed by atoms with Gasteiger partial charge < -0.3 is 15.1 Å². The van der Waals surface area contributed by atoms with Gasteiger partial charge in [-0.2, -0.15) is 0 Å². The summed E-state index contributed by atoms with van der Waals surface area (Å²) in [5.74, 6) is -1.95. The molecule has 120 valence electrons.